The molecule has 0 saturated carbocycles. The molecule has 1 atom stereocenters. The second-order valence-electron chi connectivity index (χ2n) is 8.39. The van der Waals surface area contributed by atoms with Gasteiger partial charge in [-0.05, 0) is 43.6 Å². The summed E-state index contributed by atoms with van der Waals surface area (Å²) in [6.07, 6.45) is 4.05. The number of fused-ring (bicyclic) bond motifs is 1. The molecular formula is C24H31N3O4S. The molecule has 0 bridgehead atoms. The summed E-state index contributed by atoms with van der Waals surface area (Å²) in [4.78, 5) is 15.2. The molecule has 0 radical (unpaired) electrons. The second kappa shape index (κ2) is 10.4. The van der Waals surface area contributed by atoms with Crippen LogP contribution in [0.1, 0.15) is 31.2 Å². The van der Waals surface area contributed by atoms with Crippen LogP contribution in [0.15, 0.2) is 54.6 Å². The lowest BCUT2D eigenvalue weighted by Crippen LogP contribution is -2.51. The number of ether oxygens (including phenoxy) is 1. The van der Waals surface area contributed by atoms with E-state index in [1.807, 2.05) is 18.2 Å². The minimum absolute atomic E-state index is 0.0400. The van der Waals surface area contributed by atoms with Gasteiger partial charge in [0.15, 0.2) is 6.10 Å². The van der Waals surface area contributed by atoms with E-state index in [2.05, 4.69) is 10.2 Å². The average Bonchev–Trinajstić information content (AvgIpc) is 3.07. The summed E-state index contributed by atoms with van der Waals surface area (Å²) in [5, 5.41) is 2.95. The summed E-state index contributed by atoms with van der Waals surface area (Å²) in [6, 6.07) is 16.0. The summed E-state index contributed by atoms with van der Waals surface area (Å²) < 4.78 is 33.8. The molecule has 2 aromatic carbocycles. The monoisotopic (exact) mass is 457 g/mol. The van der Waals surface area contributed by atoms with Crippen molar-refractivity contribution in [2.45, 2.75) is 37.5 Å². The zero-order valence-corrected chi connectivity index (χ0v) is 19.1. The predicted molar refractivity (Wildman–Crippen MR) is 125 cm³/mol. The van der Waals surface area contributed by atoms with E-state index in [9.17, 15) is 13.2 Å². The van der Waals surface area contributed by atoms with Crippen LogP contribution in [0.2, 0.25) is 0 Å². The van der Waals surface area contributed by atoms with E-state index in [-0.39, 0.29) is 18.2 Å². The molecule has 1 saturated heterocycles. The number of hydrogen-bond donors (Lipinski definition) is 1. The minimum atomic E-state index is -3.69. The SMILES string of the molecule is O=C(NCCN1CCCCCC1)[C@H]1CN(S(=O)(=O)Cc2ccccc2)c2ccccc2O1. The van der Waals surface area contributed by atoms with E-state index < -0.39 is 16.1 Å². The summed E-state index contributed by atoms with van der Waals surface area (Å²) in [5.41, 5.74) is 1.17. The molecular weight excluding hydrogens is 426 g/mol. The van der Waals surface area contributed by atoms with Crippen molar-refractivity contribution in [3.8, 4) is 5.75 Å². The van der Waals surface area contributed by atoms with Crippen LogP contribution in [0, 0.1) is 0 Å². The molecule has 1 fully saturated rings. The lowest BCUT2D eigenvalue weighted by atomic mass is 10.2. The van der Waals surface area contributed by atoms with Crippen LogP contribution in [0.4, 0.5) is 5.69 Å². The van der Waals surface area contributed by atoms with Crippen molar-refractivity contribution in [1.82, 2.24) is 10.2 Å². The average molecular weight is 458 g/mol. The highest BCUT2D eigenvalue weighted by Crippen LogP contribution is 2.35. The van der Waals surface area contributed by atoms with E-state index in [0.717, 1.165) is 19.6 Å². The van der Waals surface area contributed by atoms with Crippen molar-refractivity contribution in [2.24, 2.45) is 0 Å². The highest BCUT2D eigenvalue weighted by atomic mass is 32.2. The number of likely N-dealkylation sites (tertiary alicyclic amines) is 1. The third-order valence-electron chi connectivity index (χ3n) is 5.98. The van der Waals surface area contributed by atoms with Gasteiger partial charge >= 0.3 is 0 Å². The fourth-order valence-corrected chi connectivity index (χ4v) is 5.86. The van der Waals surface area contributed by atoms with Gasteiger partial charge in [0, 0.05) is 13.1 Å². The normalized spacial score (nSPS) is 19.5. The number of carbonyl (C=O) groups is 1. The maximum atomic E-state index is 13.3. The summed E-state index contributed by atoms with van der Waals surface area (Å²) in [6.45, 7) is 3.41. The van der Waals surface area contributed by atoms with Crippen molar-refractivity contribution in [3.63, 3.8) is 0 Å². The first-order chi connectivity index (χ1) is 15.5. The fraction of sp³-hybridized carbons (Fsp3) is 0.458. The van der Waals surface area contributed by atoms with Gasteiger partial charge in [-0.15, -0.1) is 0 Å². The summed E-state index contributed by atoms with van der Waals surface area (Å²) in [7, 11) is -3.69. The highest BCUT2D eigenvalue weighted by Gasteiger charge is 2.36. The van der Waals surface area contributed by atoms with Gasteiger partial charge in [0.25, 0.3) is 5.91 Å². The van der Waals surface area contributed by atoms with Gasteiger partial charge < -0.3 is 15.0 Å². The number of nitrogens with one attached hydrogen (secondary N) is 1. The Bertz CT molecular complexity index is 1000. The maximum Gasteiger partial charge on any atom is 0.263 e. The van der Waals surface area contributed by atoms with Gasteiger partial charge in [0.2, 0.25) is 10.0 Å². The van der Waals surface area contributed by atoms with Crippen molar-refractivity contribution in [2.75, 3.05) is 37.0 Å². The molecule has 1 N–H and O–H groups in total. The molecule has 2 heterocycles. The Balaban J connectivity index is 1.43. The quantitative estimate of drug-likeness (QED) is 0.692. The Hall–Kier alpha value is -2.58. The van der Waals surface area contributed by atoms with Gasteiger partial charge in [-0.25, -0.2) is 8.42 Å². The van der Waals surface area contributed by atoms with Crippen LogP contribution in [0.3, 0.4) is 0 Å². The lowest BCUT2D eigenvalue weighted by molar-refractivity contribution is -0.127. The van der Waals surface area contributed by atoms with Gasteiger partial charge in [0.1, 0.15) is 5.75 Å². The molecule has 0 spiro atoms. The van der Waals surface area contributed by atoms with E-state index in [0.29, 0.717) is 23.5 Å². The number of hydrogen-bond acceptors (Lipinski definition) is 5. The largest absolute Gasteiger partial charge is 0.476 e. The zero-order chi connectivity index (χ0) is 22.4. The Morgan fingerprint density at radius 1 is 0.969 bits per heavy atom. The third kappa shape index (κ3) is 5.61. The molecule has 2 aliphatic rings. The van der Waals surface area contributed by atoms with Crippen LogP contribution >= 0.6 is 0 Å². The Kier molecular flexibility index (Phi) is 7.32. The first-order valence-electron chi connectivity index (χ1n) is 11.3. The highest BCUT2D eigenvalue weighted by molar-refractivity contribution is 7.92. The van der Waals surface area contributed by atoms with Crippen LogP contribution in [-0.2, 0) is 20.6 Å². The van der Waals surface area contributed by atoms with Crippen molar-refractivity contribution in [3.05, 3.63) is 60.2 Å². The van der Waals surface area contributed by atoms with Crippen LogP contribution in [0.25, 0.3) is 0 Å². The van der Waals surface area contributed by atoms with Crippen LogP contribution in [-0.4, -0.2) is 58.1 Å². The molecule has 7 nitrogen and oxygen atoms in total. The predicted octanol–water partition coefficient (Wildman–Crippen LogP) is 2.78. The molecule has 172 valence electrons. The van der Waals surface area contributed by atoms with Gasteiger partial charge in [-0.2, -0.15) is 0 Å². The number of amides is 1. The third-order valence-corrected chi connectivity index (χ3v) is 7.70. The first-order valence-corrected chi connectivity index (χ1v) is 12.9. The molecule has 0 unspecified atom stereocenters. The molecule has 0 aliphatic carbocycles. The number of para-hydroxylation sites is 2. The number of sulfonamides is 1. The Morgan fingerprint density at radius 3 is 2.41 bits per heavy atom. The maximum absolute atomic E-state index is 13.3. The van der Waals surface area contributed by atoms with E-state index in [1.54, 1.807) is 36.4 Å². The molecule has 8 heteroatoms. The van der Waals surface area contributed by atoms with Crippen molar-refractivity contribution >= 4 is 21.6 Å². The van der Waals surface area contributed by atoms with Gasteiger partial charge in [0.05, 0.1) is 18.0 Å². The summed E-state index contributed by atoms with van der Waals surface area (Å²) in [5.74, 6) is -0.0110. The molecule has 1 amide bonds. The van der Waals surface area contributed by atoms with Crippen LogP contribution < -0.4 is 14.4 Å². The standard InChI is InChI=1S/C24H31N3O4S/c28-24(25-14-17-26-15-8-1-2-9-16-26)23-18-27(21-12-6-7-13-22(21)31-23)32(29,30)19-20-10-4-3-5-11-20/h3-7,10-13,23H,1-2,8-9,14-19H2,(H,25,28)/t23-/m1/s1. The van der Waals surface area contributed by atoms with E-state index in [1.165, 1.54) is 30.0 Å². The van der Waals surface area contributed by atoms with E-state index in [4.69, 9.17) is 4.74 Å². The van der Waals surface area contributed by atoms with Crippen LogP contribution in [0.5, 0.6) is 5.75 Å². The Labute approximate surface area is 190 Å². The second-order valence-corrected chi connectivity index (χ2v) is 10.3. The number of nitrogens with zero attached hydrogens (tertiary/aromatic N) is 2. The summed E-state index contributed by atoms with van der Waals surface area (Å²) >= 11 is 0. The van der Waals surface area contributed by atoms with Gasteiger partial charge in [-0.3, -0.25) is 9.10 Å². The smallest absolute Gasteiger partial charge is 0.263 e. The lowest BCUT2D eigenvalue weighted by Gasteiger charge is -2.35. The molecule has 4 rings (SSSR count). The number of carbonyl (C=O) groups excluding carboxylic acids is 1. The Morgan fingerprint density at radius 2 is 1.66 bits per heavy atom. The van der Waals surface area contributed by atoms with Crippen molar-refractivity contribution in [1.29, 1.82) is 0 Å². The zero-order valence-electron chi connectivity index (χ0n) is 18.3. The molecule has 0 aromatic heterocycles. The van der Waals surface area contributed by atoms with Crippen molar-refractivity contribution < 1.29 is 17.9 Å². The molecule has 32 heavy (non-hydrogen) atoms. The topological polar surface area (TPSA) is 79.0 Å². The first kappa shape index (κ1) is 22.6. The van der Waals surface area contributed by atoms with Gasteiger partial charge in [-0.1, -0.05) is 55.3 Å². The molecule has 2 aromatic rings. The fourth-order valence-electron chi connectivity index (χ4n) is 4.28. The van der Waals surface area contributed by atoms with E-state index >= 15 is 0 Å². The molecule has 2 aliphatic heterocycles. The number of benzene rings is 2. The minimum Gasteiger partial charge on any atom is -0.476 e. The number of rotatable bonds is 7. The number of anilines is 1.